The van der Waals surface area contributed by atoms with Crippen molar-refractivity contribution in [1.29, 1.82) is 0 Å². The average Bonchev–Trinajstić information content (AvgIpc) is 2.68. The summed E-state index contributed by atoms with van der Waals surface area (Å²) < 4.78 is 10.1. The monoisotopic (exact) mass is 197 g/mol. The van der Waals surface area contributed by atoms with Crippen LogP contribution < -0.4 is 10.1 Å². The topological polar surface area (TPSA) is 60.2 Å². The highest BCUT2D eigenvalue weighted by atomic mass is 16.6. The van der Waals surface area contributed by atoms with E-state index in [9.17, 15) is 0 Å². The molecule has 1 saturated heterocycles. The van der Waals surface area contributed by atoms with Gasteiger partial charge in [-0.15, -0.1) is 0 Å². The third kappa shape index (κ3) is 2.04. The van der Waals surface area contributed by atoms with Gasteiger partial charge >= 0.3 is 6.08 Å². The summed E-state index contributed by atoms with van der Waals surface area (Å²) in [5.41, 5.74) is 0. The minimum Gasteiger partial charge on any atom is -0.449 e. The van der Waals surface area contributed by atoms with Gasteiger partial charge in [0.05, 0.1) is 6.61 Å². The van der Waals surface area contributed by atoms with Gasteiger partial charge < -0.3 is 10.1 Å². The smallest absolute Gasteiger partial charge is 0.417 e. The molecule has 0 aliphatic carbocycles. The summed E-state index contributed by atoms with van der Waals surface area (Å²) in [5, 5.41) is 7.22. The van der Waals surface area contributed by atoms with Gasteiger partial charge in [0.25, 0.3) is 0 Å². The fourth-order valence-corrected chi connectivity index (χ4v) is 1.64. The molecule has 0 spiro atoms. The molecule has 1 atom stereocenters. The van der Waals surface area contributed by atoms with Crippen LogP contribution in [0, 0.1) is 0 Å². The first-order chi connectivity index (χ1) is 6.90. The molecule has 1 N–H and O–H groups in total. The molecule has 0 aromatic carbocycles. The maximum Gasteiger partial charge on any atom is 0.417 e. The molecule has 0 amide bonds. The molecule has 5 heteroatoms. The summed E-state index contributed by atoms with van der Waals surface area (Å²) in [7, 11) is 0. The SMILES string of the molecule is CCOc1nc(C2CCCNC2)no1. The number of nitrogens with one attached hydrogen (secondary N) is 1. The lowest BCUT2D eigenvalue weighted by molar-refractivity contribution is 0.214. The van der Waals surface area contributed by atoms with Crippen LogP contribution >= 0.6 is 0 Å². The Balaban J connectivity index is 2.00. The fourth-order valence-electron chi connectivity index (χ4n) is 1.64. The molecule has 1 unspecified atom stereocenters. The van der Waals surface area contributed by atoms with Crippen LogP contribution in [0.25, 0.3) is 0 Å². The lowest BCUT2D eigenvalue weighted by Crippen LogP contribution is -2.28. The molecule has 0 bridgehead atoms. The van der Waals surface area contributed by atoms with Gasteiger partial charge in [-0.2, -0.15) is 4.98 Å². The third-order valence-electron chi connectivity index (χ3n) is 2.35. The highest BCUT2D eigenvalue weighted by molar-refractivity contribution is 5.00. The highest BCUT2D eigenvalue weighted by Gasteiger charge is 2.20. The molecule has 14 heavy (non-hydrogen) atoms. The van der Waals surface area contributed by atoms with E-state index in [1.54, 1.807) is 0 Å². The Labute approximate surface area is 82.8 Å². The zero-order valence-corrected chi connectivity index (χ0v) is 8.32. The van der Waals surface area contributed by atoms with E-state index in [-0.39, 0.29) is 6.08 Å². The largest absolute Gasteiger partial charge is 0.449 e. The van der Waals surface area contributed by atoms with Gasteiger partial charge in [0.15, 0.2) is 5.82 Å². The van der Waals surface area contributed by atoms with Gasteiger partial charge in [0, 0.05) is 12.5 Å². The summed E-state index contributed by atoms with van der Waals surface area (Å²) in [6.45, 7) is 4.48. The third-order valence-corrected chi connectivity index (χ3v) is 2.35. The predicted molar refractivity (Wildman–Crippen MR) is 50.3 cm³/mol. The molecule has 0 radical (unpaired) electrons. The molecule has 1 aliphatic heterocycles. The zero-order valence-electron chi connectivity index (χ0n) is 8.32. The molecule has 1 aromatic heterocycles. The summed E-state index contributed by atoms with van der Waals surface area (Å²) in [4.78, 5) is 4.18. The summed E-state index contributed by atoms with van der Waals surface area (Å²) >= 11 is 0. The summed E-state index contributed by atoms with van der Waals surface area (Å²) in [6, 6.07) is 0. The second-order valence-corrected chi connectivity index (χ2v) is 3.39. The number of hydrogen-bond donors (Lipinski definition) is 1. The summed E-state index contributed by atoms with van der Waals surface area (Å²) in [6.07, 6.45) is 2.58. The van der Waals surface area contributed by atoms with Crippen molar-refractivity contribution in [2.24, 2.45) is 0 Å². The molecule has 1 aromatic rings. The number of ether oxygens (including phenoxy) is 1. The Hall–Kier alpha value is -1.10. The lowest BCUT2D eigenvalue weighted by atomic mass is 9.99. The van der Waals surface area contributed by atoms with Crippen molar-refractivity contribution in [3.63, 3.8) is 0 Å². The standard InChI is InChI=1S/C9H15N3O2/c1-2-13-9-11-8(12-14-9)7-4-3-5-10-6-7/h7,10H,2-6H2,1H3. The van der Waals surface area contributed by atoms with Gasteiger partial charge in [0.2, 0.25) is 0 Å². The predicted octanol–water partition coefficient (Wildman–Crippen LogP) is 0.935. The quantitative estimate of drug-likeness (QED) is 0.781. The first-order valence-corrected chi connectivity index (χ1v) is 5.07. The maximum absolute atomic E-state index is 5.12. The van der Waals surface area contributed by atoms with Crippen LogP contribution in [0.3, 0.4) is 0 Å². The fraction of sp³-hybridized carbons (Fsp3) is 0.778. The van der Waals surface area contributed by atoms with Crippen LogP contribution in [-0.4, -0.2) is 29.8 Å². The Kier molecular flexibility index (Phi) is 2.98. The molecule has 2 heterocycles. The van der Waals surface area contributed by atoms with Crippen molar-refractivity contribution in [3.8, 4) is 6.08 Å². The van der Waals surface area contributed by atoms with E-state index in [2.05, 4.69) is 15.5 Å². The Bertz CT molecular complexity index is 281. The molecule has 1 fully saturated rings. The molecular formula is C9H15N3O2. The first-order valence-electron chi connectivity index (χ1n) is 5.07. The normalized spacial score (nSPS) is 22.2. The molecular weight excluding hydrogens is 182 g/mol. The van der Waals surface area contributed by atoms with Crippen molar-refractivity contribution in [3.05, 3.63) is 5.82 Å². The van der Waals surface area contributed by atoms with Crippen LogP contribution in [0.2, 0.25) is 0 Å². The van der Waals surface area contributed by atoms with Gasteiger partial charge in [0.1, 0.15) is 0 Å². The van der Waals surface area contributed by atoms with E-state index in [1.165, 1.54) is 6.42 Å². The van der Waals surface area contributed by atoms with E-state index < -0.39 is 0 Å². The maximum atomic E-state index is 5.12. The lowest BCUT2D eigenvalue weighted by Gasteiger charge is -2.18. The molecule has 5 nitrogen and oxygen atoms in total. The number of rotatable bonds is 3. The molecule has 0 saturated carbocycles. The zero-order chi connectivity index (χ0) is 9.80. The minimum absolute atomic E-state index is 0.285. The molecule has 1 aliphatic rings. The van der Waals surface area contributed by atoms with Crippen molar-refractivity contribution in [2.45, 2.75) is 25.7 Å². The Morgan fingerprint density at radius 2 is 2.57 bits per heavy atom. The van der Waals surface area contributed by atoms with Crippen LogP contribution in [0.15, 0.2) is 4.52 Å². The average molecular weight is 197 g/mol. The minimum atomic E-state index is 0.285. The number of piperidine rings is 1. The van der Waals surface area contributed by atoms with E-state index >= 15 is 0 Å². The van der Waals surface area contributed by atoms with Crippen LogP contribution in [-0.2, 0) is 0 Å². The second-order valence-electron chi connectivity index (χ2n) is 3.39. The number of aromatic nitrogens is 2. The van der Waals surface area contributed by atoms with Crippen molar-refractivity contribution < 1.29 is 9.26 Å². The van der Waals surface area contributed by atoms with E-state index in [0.29, 0.717) is 12.5 Å². The Morgan fingerprint density at radius 3 is 3.29 bits per heavy atom. The van der Waals surface area contributed by atoms with Gasteiger partial charge in [-0.1, -0.05) is 5.16 Å². The molecule has 78 valence electrons. The van der Waals surface area contributed by atoms with Gasteiger partial charge in [-0.3, -0.25) is 4.52 Å². The number of nitrogens with zero attached hydrogens (tertiary/aromatic N) is 2. The molecule has 2 rings (SSSR count). The second kappa shape index (κ2) is 4.41. The van der Waals surface area contributed by atoms with E-state index in [1.807, 2.05) is 6.92 Å². The van der Waals surface area contributed by atoms with Crippen LogP contribution in [0.1, 0.15) is 31.5 Å². The van der Waals surface area contributed by atoms with Crippen molar-refractivity contribution in [2.75, 3.05) is 19.7 Å². The Morgan fingerprint density at radius 1 is 1.64 bits per heavy atom. The van der Waals surface area contributed by atoms with Crippen molar-refractivity contribution >= 4 is 0 Å². The van der Waals surface area contributed by atoms with Gasteiger partial charge in [-0.05, 0) is 26.3 Å². The van der Waals surface area contributed by atoms with E-state index in [4.69, 9.17) is 9.26 Å². The van der Waals surface area contributed by atoms with Crippen LogP contribution in [0.5, 0.6) is 6.08 Å². The van der Waals surface area contributed by atoms with Crippen LogP contribution in [0.4, 0.5) is 0 Å². The summed E-state index contributed by atoms with van der Waals surface area (Å²) in [5.74, 6) is 1.14. The van der Waals surface area contributed by atoms with Gasteiger partial charge in [-0.25, -0.2) is 0 Å². The highest BCUT2D eigenvalue weighted by Crippen LogP contribution is 2.21. The van der Waals surface area contributed by atoms with Crippen molar-refractivity contribution in [1.82, 2.24) is 15.5 Å². The number of hydrogen-bond acceptors (Lipinski definition) is 5. The van der Waals surface area contributed by atoms with E-state index in [0.717, 1.165) is 25.3 Å². The first kappa shape index (κ1) is 9.45.